The number of hydrogen-bond donors (Lipinski definition) is 1. The molecule has 20 heavy (non-hydrogen) atoms. The molecule has 0 bridgehead atoms. The number of aromatic carboxylic acids is 1. The van der Waals surface area contributed by atoms with Crippen molar-refractivity contribution in [1.82, 2.24) is 19.7 Å². The minimum absolute atomic E-state index is 0.112. The molecule has 3 rings (SSSR count). The van der Waals surface area contributed by atoms with Gasteiger partial charge in [-0.15, -0.1) is 0 Å². The van der Waals surface area contributed by atoms with E-state index in [1.54, 1.807) is 48.9 Å². The van der Waals surface area contributed by atoms with E-state index in [1.165, 1.54) is 10.9 Å². The Labute approximate surface area is 114 Å². The molecule has 6 heteroatoms. The van der Waals surface area contributed by atoms with Gasteiger partial charge in [0.25, 0.3) is 0 Å². The maximum Gasteiger partial charge on any atom is 0.339 e. The molecule has 0 fully saturated rings. The molecular weight excluding hydrogens is 256 g/mol. The van der Waals surface area contributed by atoms with Crippen molar-refractivity contribution in [3.63, 3.8) is 0 Å². The molecule has 0 atom stereocenters. The van der Waals surface area contributed by atoms with Crippen LogP contribution in [-0.2, 0) is 0 Å². The summed E-state index contributed by atoms with van der Waals surface area (Å²) in [4.78, 5) is 19.4. The van der Waals surface area contributed by atoms with Gasteiger partial charge in [0.1, 0.15) is 11.3 Å². The Kier molecular flexibility index (Phi) is 2.96. The van der Waals surface area contributed by atoms with Crippen molar-refractivity contribution in [3.8, 4) is 17.1 Å². The van der Waals surface area contributed by atoms with Crippen LogP contribution in [0.4, 0.5) is 0 Å². The van der Waals surface area contributed by atoms with Gasteiger partial charge >= 0.3 is 5.97 Å². The number of carboxylic acid groups (broad SMARTS) is 1. The van der Waals surface area contributed by atoms with Gasteiger partial charge in [-0.2, -0.15) is 5.10 Å². The third kappa shape index (κ3) is 2.14. The fourth-order valence-corrected chi connectivity index (χ4v) is 1.85. The maximum absolute atomic E-state index is 11.3. The van der Waals surface area contributed by atoms with Gasteiger partial charge in [-0.1, -0.05) is 6.07 Å². The number of carboxylic acids is 1. The van der Waals surface area contributed by atoms with E-state index in [0.29, 0.717) is 11.4 Å². The molecule has 0 aromatic carbocycles. The highest BCUT2D eigenvalue weighted by Crippen LogP contribution is 2.21. The second-order valence-corrected chi connectivity index (χ2v) is 4.06. The van der Waals surface area contributed by atoms with Crippen LogP contribution >= 0.6 is 0 Å². The Bertz CT molecular complexity index is 738. The smallest absolute Gasteiger partial charge is 0.339 e. The topological polar surface area (TPSA) is 80.9 Å². The summed E-state index contributed by atoms with van der Waals surface area (Å²) in [6, 6.07) is 8.79. The van der Waals surface area contributed by atoms with Crippen molar-refractivity contribution in [2.45, 2.75) is 0 Å². The standard InChI is InChI=1S/C14H10N4O2/c19-14(20)11-9-18(10-4-7-15-8-5-10)17-13(11)12-3-1-2-6-16-12/h1-9H,(H,19,20). The van der Waals surface area contributed by atoms with E-state index < -0.39 is 5.97 Å². The quantitative estimate of drug-likeness (QED) is 0.784. The molecule has 98 valence electrons. The summed E-state index contributed by atoms with van der Waals surface area (Å²) in [7, 11) is 0. The van der Waals surface area contributed by atoms with Crippen LogP contribution < -0.4 is 0 Å². The van der Waals surface area contributed by atoms with E-state index in [1.807, 2.05) is 0 Å². The van der Waals surface area contributed by atoms with E-state index in [-0.39, 0.29) is 5.56 Å². The lowest BCUT2D eigenvalue weighted by Crippen LogP contribution is -1.97. The van der Waals surface area contributed by atoms with Crippen molar-refractivity contribution in [3.05, 3.63) is 60.7 Å². The van der Waals surface area contributed by atoms with Gasteiger partial charge in [0.15, 0.2) is 0 Å². The zero-order chi connectivity index (χ0) is 13.9. The van der Waals surface area contributed by atoms with Gasteiger partial charge in [-0.3, -0.25) is 9.97 Å². The summed E-state index contributed by atoms with van der Waals surface area (Å²) in [5.41, 5.74) is 1.72. The van der Waals surface area contributed by atoms with Gasteiger partial charge < -0.3 is 5.11 Å². The lowest BCUT2D eigenvalue weighted by Gasteiger charge is -1.99. The molecule has 0 spiro atoms. The van der Waals surface area contributed by atoms with Crippen LogP contribution in [0.1, 0.15) is 10.4 Å². The van der Waals surface area contributed by atoms with E-state index in [2.05, 4.69) is 15.1 Å². The number of pyridine rings is 2. The van der Waals surface area contributed by atoms with Gasteiger partial charge in [-0.05, 0) is 24.3 Å². The third-order valence-electron chi connectivity index (χ3n) is 2.78. The molecule has 0 aliphatic heterocycles. The summed E-state index contributed by atoms with van der Waals surface area (Å²) >= 11 is 0. The molecule has 3 heterocycles. The SMILES string of the molecule is O=C(O)c1cn(-c2ccncc2)nc1-c1ccccn1. The van der Waals surface area contributed by atoms with E-state index in [4.69, 9.17) is 0 Å². The highest BCUT2D eigenvalue weighted by molar-refractivity contribution is 5.94. The number of aromatic nitrogens is 4. The van der Waals surface area contributed by atoms with Crippen LogP contribution in [0.2, 0.25) is 0 Å². The highest BCUT2D eigenvalue weighted by Gasteiger charge is 2.18. The summed E-state index contributed by atoms with van der Waals surface area (Å²) in [5.74, 6) is -1.04. The van der Waals surface area contributed by atoms with Crippen molar-refractivity contribution >= 4 is 5.97 Å². The number of nitrogens with zero attached hydrogens (tertiary/aromatic N) is 4. The predicted octanol–water partition coefficient (Wildman–Crippen LogP) is 2.03. The first-order chi connectivity index (χ1) is 9.75. The lowest BCUT2D eigenvalue weighted by molar-refractivity contribution is 0.0697. The Morgan fingerprint density at radius 3 is 2.55 bits per heavy atom. The van der Waals surface area contributed by atoms with Crippen molar-refractivity contribution in [1.29, 1.82) is 0 Å². The first-order valence-corrected chi connectivity index (χ1v) is 5.90. The zero-order valence-corrected chi connectivity index (χ0v) is 10.3. The van der Waals surface area contributed by atoms with E-state index >= 15 is 0 Å². The average Bonchev–Trinajstić information content (AvgIpc) is 2.94. The van der Waals surface area contributed by atoms with Gasteiger partial charge in [-0.25, -0.2) is 9.48 Å². The molecule has 0 radical (unpaired) electrons. The average molecular weight is 266 g/mol. The number of rotatable bonds is 3. The minimum atomic E-state index is -1.04. The Hall–Kier alpha value is -3.02. The second-order valence-electron chi connectivity index (χ2n) is 4.06. The third-order valence-corrected chi connectivity index (χ3v) is 2.78. The van der Waals surface area contributed by atoms with Crippen LogP contribution in [0, 0.1) is 0 Å². The fraction of sp³-hybridized carbons (Fsp3) is 0. The first kappa shape index (κ1) is 12.0. The van der Waals surface area contributed by atoms with Gasteiger partial charge in [0, 0.05) is 24.8 Å². The Balaban J connectivity index is 2.15. The molecule has 0 aliphatic rings. The molecule has 6 nitrogen and oxygen atoms in total. The van der Waals surface area contributed by atoms with Crippen LogP contribution in [0.5, 0.6) is 0 Å². The monoisotopic (exact) mass is 266 g/mol. The number of carbonyl (C=O) groups is 1. The molecule has 0 amide bonds. The van der Waals surface area contributed by atoms with Gasteiger partial charge in [0.2, 0.25) is 0 Å². The van der Waals surface area contributed by atoms with Crippen molar-refractivity contribution in [2.24, 2.45) is 0 Å². The summed E-state index contributed by atoms with van der Waals surface area (Å²) < 4.78 is 1.51. The molecule has 3 aromatic heterocycles. The molecule has 1 N–H and O–H groups in total. The molecule has 3 aromatic rings. The fourth-order valence-electron chi connectivity index (χ4n) is 1.85. The Morgan fingerprint density at radius 1 is 1.10 bits per heavy atom. The van der Waals surface area contributed by atoms with Crippen LogP contribution in [0.15, 0.2) is 55.1 Å². The van der Waals surface area contributed by atoms with Crippen LogP contribution in [0.3, 0.4) is 0 Å². The summed E-state index contributed by atoms with van der Waals surface area (Å²) in [6.45, 7) is 0. The van der Waals surface area contributed by atoms with Crippen LogP contribution in [0.25, 0.3) is 17.1 Å². The lowest BCUT2D eigenvalue weighted by atomic mass is 10.2. The minimum Gasteiger partial charge on any atom is -0.478 e. The van der Waals surface area contributed by atoms with Crippen molar-refractivity contribution in [2.75, 3.05) is 0 Å². The summed E-state index contributed by atoms with van der Waals surface area (Å²) in [5, 5.41) is 13.6. The first-order valence-electron chi connectivity index (χ1n) is 5.90. The molecule has 0 saturated carbocycles. The molecule has 0 aliphatic carbocycles. The predicted molar refractivity (Wildman–Crippen MR) is 71.5 cm³/mol. The van der Waals surface area contributed by atoms with Crippen molar-refractivity contribution < 1.29 is 9.90 Å². The number of hydrogen-bond acceptors (Lipinski definition) is 4. The zero-order valence-electron chi connectivity index (χ0n) is 10.3. The van der Waals surface area contributed by atoms with Crippen LogP contribution in [-0.4, -0.2) is 30.8 Å². The maximum atomic E-state index is 11.3. The highest BCUT2D eigenvalue weighted by atomic mass is 16.4. The largest absolute Gasteiger partial charge is 0.478 e. The Morgan fingerprint density at radius 2 is 1.90 bits per heavy atom. The summed E-state index contributed by atoms with van der Waals surface area (Å²) in [6.07, 6.45) is 6.32. The molecule has 0 unspecified atom stereocenters. The van der Waals surface area contributed by atoms with Gasteiger partial charge in [0.05, 0.1) is 11.4 Å². The van der Waals surface area contributed by atoms with E-state index in [9.17, 15) is 9.90 Å². The van der Waals surface area contributed by atoms with E-state index in [0.717, 1.165) is 5.69 Å². The normalized spacial score (nSPS) is 10.4. The second kappa shape index (κ2) is 4.93. The molecule has 0 saturated heterocycles. The molecular formula is C14H10N4O2.